The van der Waals surface area contributed by atoms with Crippen LogP contribution in [0.4, 0.5) is 5.82 Å². The monoisotopic (exact) mass is 199 g/mol. The van der Waals surface area contributed by atoms with Gasteiger partial charge in [-0.25, -0.2) is 4.68 Å². The molecule has 0 fully saturated rings. The molecule has 0 spiro atoms. The van der Waals surface area contributed by atoms with Crippen molar-refractivity contribution >= 4 is 5.82 Å². The lowest BCUT2D eigenvalue weighted by atomic mass is 10.4. The molecule has 0 aliphatic rings. The van der Waals surface area contributed by atoms with Crippen LogP contribution < -0.4 is 10.1 Å². The van der Waals surface area contributed by atoms with Crippen molar-refractivity contribution in [3.63, 3.8) is 0 Å². The first kappa shape index (κ1) is 12.8. The normalized spacial score (nSPS) is 9.36. The van der Waals surface area contributed by atoms with E-state index in [4.69, 9.17) is 4.74 Å². The Kier molecular flexibility index (Phi) is 5.76. The Balaban J connectivity index is 0.000000791. The molecule has 1 N–H and O–H groups in total. The lowest BCUT2D eigenvalue weighted by Gasteiger charge is -2.04. The lowest BCUT2D eigenvalue weighted by molar-refractivity contribution is 0.373. The van der Waals surface area contributed by atoms with Crippen LogP contribution in [0.1, 0.15) is 27.7 Å². The summed E-state index contributed by atoms with van der Waals surface area (Å²) in [5.41, 5.74) is 0. The zero-order valence-electron chi connectivity index (χ0n) is 9.96. The molecular formula is C10H21N3O. The van der Waals surface area contributed by atoms with Crippen LogP contribution in [0.5, 0.6) is 5.88 Å². The van der Waals surface area contributed by atoms with Crippen LogP contribution in [-0.4, -0.2) is 22.9 Å². The Morgan fingerprint density at radius 3 is 2.36 bits per heavy atom. The molecule has 0 saturated heterocycles. The summed E-state index contributed by atoms with van der Waals surface area (Å²) in [6, 6.07) is 2.27. The van der Waals surface area contributed by atoms with Crippen LogP contribution in [0.2, 0.25) is 0 Å². The molecule has 0 amide bonds. The minimum absolute atomic E-state index is 0.393. The molecule has 0 atom stereocenters. The highest BCUT2D eigenvalue weighted by atomic mass is 16.5. The first-order chi connectivity index (χ1) is 6.63. The van der Waals surface area contributed by atoms with E-state index in [1.165, 1.54) is 0 Å². The van der Waals surface area contributed by atoms with Crippen molar-refractivity contribution in [3.05, 3.63) is 6.07 Å². The molecule has 14 heavy (non-hydrogen) atoms. The number of hydrogen-bond donors (Lipinski definition) is 1. The maximum atomic E-state index is 5.07. The average Bonchev–Trinajstić information content (AvgIpc) is 2.48. The van der Waals surface area contributed by atoms with Gasteiger partial charge in [-0.2, -0.15) is 5.10 Å². The Bertz CT molecular complexity index is 256. The van der Waals surface area contributed by atoms with Gasteiger partial charge in [0.25, 0.3) is 0 Å². The summed E-state index contributed by atoms with van der Waals surface area (Å²) >= 11 is 0. The molecule has 1 heterocycles. The number of methoxy groups -OCH3 is 1. The molecule has 0 aliphatic heterocycles. The predicted octanol–water partition coefficient (Wildman–Crippen LogP) is 2.28. The summed E-state index contributed by atoms with van der Waals surface area (Å²) < 4.78 is 6.77. The summed E-state index contributed by atoms with van der Waals surface area (Å²) in [7, 11) is 3.49. The maximum absolute atomic E-state index is 5.07. The number of nitrogens with zero attached hydrogens (tertiary/aromatic N) is 2. The Labute approximate surface area is 86.3 Å². The summed E-state index contributed by atoms with van der Waals surface area (Å²) in [5.74, 6) is 1.61. The van der Waals surface area contributed by atoms with Crippen LogP contribution >= 0.6 is 0 Å². The minimum atomic E-state index is 0.393. The molecule has 1 rings (SSSR count). The second-order valence-corrected chi connectivity index (χ2v) is 2.99. The Morgan fingerprint density at radius 1 is 1.43 bits per heavy atom. The van der Waals surface area contributed by atoms with Crippen molar-refractivity contribution in [1.29, 1.82) is 0 Å². The summed E-state index contributed by atoms with van der Waals surface area (Å²) in [6.07, 6.45) is 0. The van der Waals surface area contributed by atoms with Gasteiger partial charge in [-0.05, 0) is 13.8 Å². The van der Waals surface area contributed by atoms with Gasteiger partial charge in [0.1, 0.15) is 0 Å². The zero-order valence-corrected chi connectivity index (χ0v) is 9.96. The highest BCUT2D eigenvalue weighted by molar-refractivity contribution is 5.39. The molecule has 82 valence electrons. The molecule has 0 unspecified atom stereocenters. The van der Waals surface area contributed by atoms with Crippen LogP contribution in [0.25, 0.3) is 0 Å². The van der Waals surface area contributed by atoms with Crippen molar-refractivity contribution < 1.29 is 4.74 Å². The van der Waals surface area contributed by atoms with Crippen LogP contribution in [-0.2, 0) is 7.05 Å². The number of nitrogens with one attached hydrogen (secondary N) is 1. The molecule has 0 aliphatic carbocycles. The van der Waals surface area contributed by atoms with Gasteiger partial charge in [0.05, 0.1) is 7.11 Å². The van der Waals surface area contributed by atoms with E-state index in [1.807, 2.05) is 27.0 Å². The largest absolute Gasteiger partial charge is 0.481 e. The van der Waals surface area contributed by atoms with Gasteiger partial charge in [-0.1, -0.05) is 13.8 Å². The molecule has 4 nitrogen and oxygen atoms in total. The number of rotatable bonds is 3. The number of aryl methyl sites for hydroxylation is 1. The minimum Gasteiger partial charge on any atom is -0.481 e. The standard InChI is InChI=1S/C8H15N3O.C2H6/c1-6(2)9-7-5-8(12-4)11(3)10-7;1-2/h5-6H,1-4H3,(H,9,10);1-2H3. The molecule has 0 radical (unpaired) electrons. The quantitative estimate of drug-likeness (QED) is 0.811. The number of anilines is 1. The van der Waals surface area contributed by atoms with E-state index in [0.717, 1.165) is 11.7 Å². The van der Waals surface area contributed by atoms with Crippen molar-refractivity contribution in [2.75, 3.05) is 12.4 Å². The number of ether oxygens (including phenoxy) is 1. The zero-order chi connectivity index (χ0) is 11.1. The Hall–Kier alpha value is -1.19. The first-order valence-corrected chi connectivity index (χ1v) is 4.98. The number of aromatic nitrogens is 2. The van der Waals surface area contributed by atoms with Gasteiger partial charge < -0.3 is 10.1 Å². The molecule has 0 aromatic carbocycles. The molecule has 4 heteroatoms. The molecule has 1 aromatic heterocycles. The van der Waals surface area contributed by atoms with Crippen LogP contribution in [0.3, 0.4) is 0 Å². The van der Waals surface area contributed by atoms with Crippen LogP contribution in [0, 0.1) is 0 Å². The van der Waals surface area contributed by atoms with Crippen molar-refractivity contribution in [2.24, 2.45) is 7.05 Å². The molecule has 1 aromatic rings. The van der Waals surface area contributed by atoms with Crippen molar-refractivity contribution in [1.82, 2.24) is 9.78 Å². The van der Waals surface area contributed by atoms with Gasteiger partial charge in [0, 0.05) is 19.2 Å². The van der Waals surface area contributed by atoms with Crippen LogP contribution in [0.15, 0.2) is 6.07 Å². The van der Waals surface area contributed by atoms with E-state index in [1.54, 1.807) is 11.8 Å². The number of hydrogen-bond acceptors (Lipinski definition) is 3. The smallest absolute Gasteiger partial charge is 0.213 e. The second-order valence-electron chi connectivity index (χ2n) is 2.99. The van der Waals surface area contributed by atoms with Gasteiger partial charge >= 0.3 is 0 Å². The fourth-order valence-electron chi connectivity index (χ4n) is 1.01. The van der Waals surface area contributed by atoms with Crippen molar-refractivity contribution in [3.8, 4) is 5.88 Å². The highest BCUT2D eigenvalue weighted by Gasteiger charge is 2.04. The highest BCUT2D eigenvalue weighted by Crippen LogP contribution is 2.15. The molecule has 0 bridgehead atoms. The third-order valence-electron chi connectivity index (χ3n) is 1.48. The fourth-order valence-corrected chi connectivity index (χ4v) is 1.01. The predicted molar refractivity (Wildman–Crippen MR) is 59.9 cm³/mol. The third-order valence-corrected chi connectivity index (χ3v) is 1.48. The summed E-state index contributed by atoms with van der Waals surface area (Å²) in [6.45, 7) is 8.14. The van der Waals surface area contributed by atoms with Gasteiger partial charge in [0.2, 0.25) is 5.88 Å². The average molecular weight is 199 g/mol. The summed E-state index contributed by atoms with van der Waals surface area (Å²) in [4.78, 5) is 0. The maximum Gasteiger partial charge on any atom is 0.213 e. The third kappa shape index (κ3) is 3.68. The summed E-state index contributed by atoms with van der Waals surface area (Å²) in [5, 5.41) is 7.39. The first-order valence-electron chi connectivity index (χ1n) is 4.98. The van der Waals surface area contributed by atoms with Crippen molar-refractivity contribution in [2.45, 2.75) is 33.7 Å². The Morgan fingerprint density at radius 2 is 2.00 bits per heavy atom. The topological polar surface area (TPSA) is 39.1 Å². The SMILES string of the molecule is CC.COc1cc(NC(C)C)nn1C. The lowest BCUT2D eigenvalue weighted by Crippen LogP contribution is -2.10. The van der Waals surface area contributed by atoms with E-state index in [-0.39, 0.29) is 0 Å². The van der Waals surface area contributed by atoms with E-state index in [2.05, 4.69) is 24.3 Å². The van der Waals surface area contributed by atoms with E-state index in [0.29, 0.717) is 6.04 Å². The molecule has 0 saturated carbocycles. The van der Waals surface area contributed by atoms with Gasteiger partial charge in [-0.15, -0.1) is 0 Å². The fraction of sp³-hybridized carbons (Fsp3) is 0.700. The van der Waals surface area contributed by atoms with E-state index in [9.17, 15) is 0 Å². The van der Waals surface area contributed by atoms with Gasteiger partial charge in [-0.3, -0.25) is 0 Å². The van der Waals surface area contributed by atoms with Gasteiger partial charge in [0.15, 0.2) is 5.82 Å². The van der Waals surface area contributed by atoms with E-state index >= 15 is 0 Å². The second kappa shape index (κ2) is 6.29. The van der Waals surface area contributed by atoms with E-state index < -0.39 is 0 Å². The molecular weight excluding hydrogens is 178 g/mol.